The van der Waals surface area contributed by atoms with Crippen LogP contribution in [0.5, 0.6) is 5.75 Å². The minimum Gasteiger partial charge on any atom is -0.489 e. The van der Waals surface area contributed by atoms with Gasteiger partial charge in [0, 0.05) is 12.5 Å². The topological polar surface area (TPSA) is 133 Å². The maximum atomic E-state index is 11.1. The van der Waals surface area contributed by atoms with Gasteiger partial charge in [0.2, 0.25) is 0 Å². The van der Waals surface area contributed by atoms with Crippen molar-refractivity contribution in [2.75, 3.05) is 6.54 Å². The Kier molecular flexibility index (Phi) is 4.62. The summed E-state index contributed by atoms with van der Waals surface area (Å²) in [5, 5.41) is 29.7. The molecule has 0 bridgehead atoms. The Morgan fingerprint density at radius 1 is 1.23 bits per heavy atom. The Morgan fingerprint density at radius 2 is 1.95 bits per heavy atom. The van der Waals surface area contributed by atoms with E-state index in [-0.39, 0.29) is 24.3 Å². The van der Waals surface area contributed by atoms with Gasteiger partial charge >= 0.3 is 17.9 Å². The van der Waals surface area contributed by atoms with Crippen LogP contribution in [0.15, 0.2) is 24.3 Å². The van der Waals surface area contributed by atoms with E-state index < -0.39 is 36.0 Å². The van der Waals surface area contributed by atoms with Crippen molar-refractivity contribution in [3.8, 4) is 5.75 Å². The van der Waals surface area contributed by atoms with E-state index in [1.165, 1.54) is 18.2 Å². The fourth-order valence-corrected chi connectivity index (χ4v) is 2.49. The summed E-state index contributed by atoms with van der Waals surface area (Å²) in [6.07, 6.45) is -1.02. The molecule has 4 N–H and O–H groups in total. The third-order valence-electron chi connectivity index (χ3n) is 3.49. The molecule has 0 saturated carbocycles. The molecule has 1 aromatic rings. The molecule has 1 unspecified atom stereocenters. The lowest BCUT2D eigenvalue weighted by Crippen LogP contribution is -2.38. The molecule has 0 spiro atoms. The first-order chi connectivity index (χ1) is 10.4. The first-order valence-corrected chi connectivity index (χ1v) is 6.56. The lowest BCUT2D eigenvalue weighted by atomic mass is 9.94. The van der Waals surface area contributed by atoms with Gasteiger partial charge in [-0.1, -0.05) is 6.07 Å². The number of aliphatic carboxylic acids is 2. The second kappa shape index (κ2) is 6.44. The molecule has 1 fully saturated rings. The number of carboxylic acids is 3. The minimum atomic E-state index is -1.14. The standard InChI is InChI=1S/C14H15NO7/c16-11(17)5-9-10(6-15-12(9)14(20)21)22-8-3-1-2-7(4-8)13(18)19/h1-4,9-10,12,15H,5-6H2,(H,16,17)(H,18,19)(H,20,21)/t9-,10?,12-/m0/s1. The van der Waals surface area contributed by atoms with Crippen LogP contribution in [0.25, 0.3) is 0 Å². The smallest absolute Gasteiger partial charge is 0.335 e. The number of aromatic carboxylic acids is 1. The summed E-state index contributed by atoms with van der Waals surface area (Å²) >= 11 is 0. The zero-order chi connectivity index (χ0) is 16.3. The van der Waals surface area contributed by atoms with Gasteiger partial charge in [0.05, 0.1) is 12.0 Å². The monoisotopic (exact) mass is 309 g/mol. The van der Waals surface area contributed by atoms with Crippen LogP contribution >= 0.6 is 0 Å². The maximum Gasteiger partial charge on any atom is 0.335 e. The van der Waals surface area contributed by atoms with Gasteiger partial charge in [-0.15, -0.1) is 0 Å². The van der Waals surface area contributed by atoms with Crippen LogP contribution in [-0.4, -0.2) is 51.9 Å². The number of hydrogen-bond acceptors (Lipinski definition) is 5. The van der Waals surface area contributed by atoms with Crippen molar-refractivity contribution >= 4 is 17.9 Å². The van der Waals surface area contributed by atoms with Gasteiger partial charge in [0.15, 0.2) is 0 Å². The van der Waals surface area contributed by atoms with Crippen LogP contribution in [-0.2, 0) is 9.59 Å². The molecule has 3 atom stereocenters. The Morgan fingerprint density at radius 3 is 2.55 bits per heavy atom. The summed E-state index contributed by atoms with van der Waals surface area (Å²) in [4.78, 5) is 33.0. The average Bonchev–Trinajstić information content (AvgIpc) is 2.81. The van der Waals surface area contributed by atoms with E-state index in [9.17, 15) is 14.4 Å². The zero-order valence-electron chi connectivity index (χ0n) is 11.4. The van der Waals surface area contributed by atoms with Crippen LogP contribution in [0.3, 0.4) is 0 Å². The third-order valence-corrected chi connectivity index (χ3v) is 3.49. The third kappa shape index (κ3) is 3.53. The Labute approximate surface area is 125 Å². The van der Waals surface area contributed by atoms with Gasteiger partial charge in [-0.3, -0.25) is 9.59 Å². The van der Waals surface area contributed by atoms with E-state index in [2.05, 4.69) is 5.32 Å². The molecule has 2 rings (SSSR count). The number of hydrogen-bond donors (Lipinski definition) is 4. The molecule has 118 valence electrons. The van der Waals surface area contributed by atoms with E-state index in [0.717, 1.165) is 0 Å². The highest BCUT2D eigenvalue weighted by Gasteiger charge is 2.42. The summed E-state index contributed by atoms with van der Waals surface area (Å²) in [6.45, 7) is 0.173. The highest BCUT2D eigenvalue weighted by molar-refractivity contribution is 5.88. The van der Waals surface area contributed by atoms with Gasteiger partial charge in [0.1, 0.15) is 17.9 Å². The predicted molar refractivity (Wildman–Crippen MR) is 73.0 cm³/mol. The van der Waals surface area contributed by atoms with Crippen LogP contribution in [0.4, 0.5) is 0 Å². The van der Waals surface area contributed by atoms with Crippen molar-refractivity contribution in [3.05, 3.63) is 29.8 Å². The van der Waals surface area contributed by atoms with Crippen molar-refractivity contribution in [2.24, 2.45) is 5.92 Å². The zero-order valence-corrected chi connectivity index (χ0v) is 11.4. The molecule has 1 aliphatic rings. The molecule has 1 heterocycles. The molecule has 1 saturated heterocycles. The SMILES string of the molecule is O=C(O)C[C@H]1C(Oc2cccc(C(=O)O)c2)CN[C@@H]1C(=O)O. The molecule has 0 radical (unpaired) electrons. The molecule has 8 heteroatoms. The van der Waals surface area contributed by atoms with Crippen molar-refractivity contribution in [3.63, 3.8) is 0 Å². The van der Waals surface area contributed by atoms with Gasteiger partial charge < -0.3 is 25.4 Å². The Balaban J connectivity index is 2.16. The van der Waals surface area contributed by atoms with Crippen LogP contribution in [0, 0.1) is 5.92 Å². The lowest BCUT2D eigenvalue weighted by Gasteiger charge is -2.21. The molecule has 8 nitrogen and oxygen atoms in total. The fourth-order valence-electron chi connectivity index (χ4n) is 2.49. The van der Waals surface area contributed by atoms with E-state index in [1.54, 1.807) is 6.07 Å². The van der Waals surface area contributed by atoms with E-state index in [1.807, 2.05) is 0 Å². The first kappa shape index (κ1) is 15.8. The predicted octanol–water partition coefficient (Wildman–Crippen LogP) is 0.280. The molecule has 1 aliphatic heterocycles. The minimum absolute atomic E-state index is 0.0352. The van der Waals surface area contributed by atoms with Gasteiger partial charge in [-0.05, 0) is 18.2 Å². The molecular weight excluding hydrogens is 294 g/mol. The first-order valence-electron chi connectivity index (χ1n) is 6.56. The van der Waals surface area contributed by atoms with Crippen LogP contribution in [0.2, 0.25) is 0 Å². The van der Waals surface area contributed by atoms with E-state index in [0.29, 0.717) is 0 Å². The van der Waals surface area contributed by atoms with E-state index >= 15 is 0 Å². The number of rotatable bonds is 6. The normalized spacial score (nSPS) is 23.9. The Bertz CT molecular complexity index is 601. The van der Waals surface area contributed by atoms with Crippen molar-refractivity contribution < 1.29 is 34.4 Å². The van der Waals surface area contributed by atoms with Crippen LogP contribution < -0.4 is 10.1 Å². The summed E-state index contributed by atoms with van der Waals surface area (Å²) in [5.41, 5.74) is 0.0352. The molecular formula is C14H15NO7. The number of carbonyl (C=O) groups is 3. The summed E-state index contributed by atoms with van der Waals surface area (Å²) < 4.78 is 5.61. The second-order valence-corrected chi connectivity index (χ2v) is 4.98. The quantitative estimate of drug-likeness (QED) is 0.589. The number of benzene rings is 1. The van der Waals surface area contributed by atoms with Gasteiger partial charge in [0.25, 0.3) is 0 Å². The number of ether oxygens (including phenoxy) is 1. The number of nitrogens with one attached hydrogen (secondary N) is 1. The second-order valence-electron chi connectivity index (χ2n) is 4.98. The lowest BCUT2D eigenvalue weighted by molar-refractivity contribution is -0.142. The number of carboxylic acid groups (broad SMARTS) is 3. The molecule has 22 heavy (non-hydrogen) atoms. The fraction of sp³-hybridized carbons (Fsp3) is 0.357. The molecule has 1 aromatic carbocycles. The average molecular weight is 309 g/mol. The summed E-state index contributed by atoms with van der Waals surface area (Å²) in [7, 11) is 0. The van der Waals surface area contributed by atoms with E-state index in [4.69, 9.17) is 20.1 Å². The van der Waals surface area contributed by atoms with Crippen molar-refractivity contribution in [1.29, 1.82) is 0 Å². The summed E-state index contributed by atoms with van der Waals surface area (Å²) in [6, 6.07) is 4.75. The van der Waals surface area contributed by atoms with Crippen molar-refractivity contribution in [2.45, 2.75) is 18.6 Å². The van der Waals surface area contributed by atoms with Crippen molar-refractivity contribution in [1.82, 2.24) is 5.32 Å². The summed E-state index contributed by atoms with van der Waals surface area (Å²) in [5.74, 6) is -3.86. The highest BCUT2D eigenvalue weighted by Crippen LogP contribution is 2.26. The molecule has 0 aliphatic carbocycles. The molecule has 0 aromatic heterocycles. The largest absolute Gasteiger partial charge is 0.489 e. The van der Waals surface area contributed by atoms with Crippen LogP contribution in [0.1, 0.15) is 16.8 Å². The maximum absolute atomic E-state index is 11.1. The van der Waals surface area contributed by atoms with Gasteiger partial charge in [-0.2, -0.15) is 0 Å². The Hall–Kier alpha value is -2.61. The van der Waals surface area contributed by atoms with Gasteiger partial charge in [-0.25, -0.2) is 4.79 Å². The highest BCUT2D eigenvalue weighted by atomic mass is 16.5. The molecule has 0 amide bonds.